The zero-order chi connectivity index (χ0) is 16.8. The Morgan fingerprint density at radius 1 is 1.38 bits per heavy atom. The molecule has 0 saturated carbocycles. The Bertz CT molecular complexity index is 818. The van der Waals surface area contributed by atoms with Gasteiger partial charge in [-0.1, -0.05) is 36.8 Å². The standard InChI is InChI=1S/C16H16ClN3O2S.ClH/c1-16(2)6-11-13(12(21)7-16)23-15(19-11)20-14(22)9-4-3-8(18)5-10(9)17;/h3-5H,6-7,18H2,1-2H3,(H,19,20,22);1H. The summed E-state index contributed by atoms with van der Waals surface area (Å²) in [5, 5.41) is 3.41. The number of anilines is 2. The van der Waals surface area contributed by atoms with E-state index in [0.29, 0.717) is 27.7 Å². The van der Waals surface area contributed by atoms with Gasteiger partial charge in [-0.2, -0.15) is 0 Å². The van der Waals surface area contributed by atoms with Gasteiger partial charge in [-0.05, 0) is 30.0 Å². The maximum Gasteiger partial charge on any atom is 0.258 e. The number of hydrogen-bond donors (Lipinski definition) is 2. The summed E-state index contributed by atoms with van der Waals surface area (Å²) < 4.78 is 0. The largest absolute Gasteiger partial charge is 0.399 e. The molecule has 0 spiro atoms. The summed E-state index contributed by atoms with van der Waals surface area (Å²) in [6, 6.07) is 4.70. The average Bonchev–Trinajstić information content (AvgIpc) is 2.79. The van der Waals surface area contributed by atoms with Gasteiger partial charge in [0.25, 0.3) is 5.91 Å². The fourth-order valence-electron chi connectivity index (χ4n) is 2.65. The number of nitrogen functional groups attached to an aromatic ring is 1. The van der Waals surface area contributed by atoms with Crippen molar-refractivity contribution in [3.63, 3.8) is 0 Å². The highest BCUT2D eigenvalue weighted by molar-refractivity contribution is 7.17. The summed E-state index contributed by atoms with van der Waals surface area (Å²) in [7, 11) is 0. The number of fused-ring (bicyclic) bond motifs is 1. The maximum atomic E-state index is 12.3. The number of benzene rings is 1. The highest BCUT2D eigenvalue weighted by Crippen LogP contribution is 2.38. The minimum atomic E-state index is -0.368. The molecule has 24 heavy (non-hydrogen) atoms. The summed E-state index contributed by atoms with van der Waals surface area (Å²) in [6.07, 6.45) is 1.22. The zero-order valence-electron chi connectivity index (χ0n) is 13.2. The number of ketones is 1. The third kappa shape index (κ3) is 3.71. The lowest BCUT2D eigenvalue weighted by molar-refractivity contribution is 0.0915. The van der Waals surface area contributed by atoms with Gasteiger partial charge in [-0.15, -0.1) is 12.4 Å². The smallest absolute Gasteiger partial charge is 0.258 e. The van der Waals surface area contributed by atoms with Crippen LogP contribution in [-0.2, 0) is 6.42 Å². The Morgan fingerprint density at radius 3 is 2.75 bits per heavy atom. The summed E-state index contributed by atoms with van der Waals surface area (Å²) >= 11 is 7.26. The number of halogens is 2. The summed E-state index contributed by atoms with van der Waals surface area (Å²) in [6.45, 7) is 4.08. The third-order valence-corrected chi connectivity index (χ3v) is 5.06. The van der Waals surface area contributed by atoms with Crippen LogP contribution in [0.15, 0.2) is 18.2 Å². The Kier molecular flexibility index (Phi) is 5.22. The lowest BCUT2D eigenvalue weighted by Crippen LogP contribution is -2.26. The molecule has 3 N–H and O–H groups in total. The third-order valence-electron chi connectivity index (χ3n) is 3.69. The van der Waals surface area contributed by atoms with Crippen LogP contribution in [0.2, 0.25) is 5.02 Å². The molecule has 1 aliphatic rings. The molecule has 3 rings (SSSR count). The Labute approximate surface area is 155 Å². The first-order chi connectivity index (χ1) is 10.7. The minimum Gasteiger partial charge on any atom is -0.399 e. The lowest BCUT2D eigenvalue weighted by atomic mass is 9.78. The second kappa shape index (κ2) is 6.70. The Morgan fingerprint density at radius 2 is 2.08 bits per heavy atom. The van der Waals surface area contributed by atoms with Gasteiger partial charge in [0.2, 0.25) is 0 Å². The zero-order valence-corrected chi connectivity index (χ0v) is 15.6. The molecule has 0 unspecified atom stereocenters. The molecule has 5 nitrogen and oxygen atoms in total. The van der Waals surface area contributed by atoms with E-state index in [1.807, 2.05) is 13.8 Å². The van der Waals surface area contributed by atoms with Crippen molar-refractivity contribution in [3.8, 4) is 0 Å². The van der Waals surface area contributed by atoms with Gasteiger partial charge in [0, 0.05) is 12.1 Å². The van der Waals surface area contributed by atoms with Crippen LogP contribution in [-0.4, -0.2) is 16.7 Å². The van der Waals surface area contributed by atoms with E-state index >= 15 is 0 Å². The number of amides is 1. The number of nitrogens with zero attached hydrogens (tertiary/aromatic N) is 1. The average molecular weight is 386 g/mol. The van der Waals surface area contributed by atoms with Gasteiger partial charge in [-0.25, -0.2) is 4.98 Å². The lowest BCUT2D eigenvalue weighted by Gasteiger charge is -2.26. The fourth-order valence-corrected chi connectivity index (χ4v) is 3.84. The number of hydrogen-bond acceptors (Lipinski definition) is 5. The van der Waals surface area contributed by atoms with E-state index in [1.54, 1.807) is 12.1 Å². The van der Waals surface area contributed by atoms with Crippen molar-refractivity contribution < 1.29 is 9.59 Å². The van der Waals surface area contributed by atoms with Crippen LogP contribution in [0, 0.1) is 5.41 Å². The topological polar surface area (TPSA) is 85.1 Å². The molecule has 0 radical (unpaired) electrons. The van der Waals surface area contributed by atoms with Crippen molar-refractivity contribution >= 4 is 57.9 Å². The van der Waals surface area contributed by atoms with E-state index < -0.39 is 0 Å². The van der Waals surface area contributed by atoms with Crippen LogP contribution in [0.25, 0.3) is 0 Å². The molecule has 2 aromatic rings. The SMILES string of the molecule is CC1(C)CC(=O)c2sc(NC(=O)c3ccc(N)cc3Cl)nc2C1.Cl. The molecular weight excluding hydrogens is 369 g/mol. The van der Waals surface area contributed by atoms with E-state index in [0.717, 1.165) is 12.1 Å². The molecule has 1 heterocycles. The summed E-state index contributed by atoms with van der Waals surface area (Å²) in [4.78, 5) is 29.5. The molecular formula is C16H17Cl2N3O2S. The van der Waals surface area contributed by atoms with Crippen LogP contribution in [0.4, 0.5) is 10.8 Å². The summed E-state index contributed by atoms with van der Waals surface area (Å²) in [5.74, 6) is -0.285. The first-order valence-electron chi connectivity index (χ1n) is 7.14. The Hall–Kier alpha value is -1.63. The highest BCUT2D eigenvalue weighted by Gasteiger charge is 2.34. The normalized spacial score (nSPS) is 15.4. The van der Waals surface area contributed by atoms with Gasteiger partial charge in [-0.3, -0.25) is 14.9 Å². The predicted molar refractivity (Wildman–Crippen MR) is 99.6 cm³/mol. The fraction of sp³-hybridized carbons (Fsp3) is 0.312. The van der Waals surface area contributed by atoms with Crippen LogP contribution in [0.3, 0.4) is 0 Å². The number of carbonyl (C=O) groups excluding carboxylic acids is 2. The molecule has 1 aromatic heterocycles. The van der Waals surface area contributed by atoms with Crippen molar-refractivity contribution in [2.24, 2.45) is 5.41 Å². The summed E-state index contributed by atoms with van der Waals surface area (Å²) in [5.41, 5.74) is 7.09. The van der Waals surface area contributed by atoms with Gasteiger partial charge < -0.3 is 5.73 Å². The van der Waals surface area contributed by atoms with Crippen molar-refractivity contribution in [2.45, 2.75) is 26.7 Å². The molecule has 1 aromatic carbocycles. The second-order valence-corrected chi connectivity index (χ2v) is 7.84. The molecule has 1 aliphatic carbocycles. The van der Waals surface area contributed by atoms with Gasteiger partial charge in [0.1, 0.15) is 0 Å². The van der Waals surface area contributed by atoms with E-state index in [1.165, 1.54) is 17.4 Å². The van der Waals surface area contributed by atoms with E-state index in [9.17, 15) is 9.59 Å². The van der Waals surface area contributed by atoms with Crippen LogP contribution in [0.1, 0.15) is 46.0 Å². The molecule has 0 saturated heterocycles. The van der Waals surface area contributed by atoms with Crippen molar-refractivity contribution in [2.75, 3.05) is 11.1 Å². The van der Waals surface area contributed by atoms with Crippen LogP contribution in [0.5, 0.6) is 0 Å². The predicted octanol–water partition coefficient (Wildman–Crippen LogP) is 4.21. The quantitative estimate of drug-likeness (QED) is 0.758. The van der Waals surface area contributed by atoms with Crippen molar-refractivity contribution in [1.29, 1.82) is 0 Å². The molecule has 0 aliphatic heterocycles. The van der Waals surface area contributed by atoms with Gasteiger partial charge >= 0.3 is 0 Å². The second-order valence-electron chi connectivity index (χ2n) is 6.43. The number of rotatable bonds is 2. The van der Waals surface area contributed by atoms with E-state index in [4.69, 9.17) is 17.3 Å². The first kappa shape index (κ1) is 18.7. The van der Waals surface area contributed by atoms with E-state index in [-0.39, 0.29) is 34.5 Å². The van der Waals surface area contributed by atoms with E-state index in [2.05, 4.69) is 10.3 Å². The molecule has 128 valence electrons. The number of thiazole rings is 1. The maximum absolute atomic E-state index is 12.3. The van der Waals surface area contributed by atoms with Gasteiger partial charge in [0.15, 0.2) is 10.9 Å². The number of aromatic nitrogens is 1. The van der Waals surface area contributed by atoms with Gasteiger partial charge in [0.05, 0.1) is 21.2 Å². The van der Waals surface area contributed by atoms with Crippen LogP contribution >= 0.6 is 35.3 Å². The van der Waals surface area contributed by atoms with Crippen molar-refractivity contribution in [1.82, 2.24) is 4.98 Å². The Balaban J connectivity index is 0.00000208. The first-order valence-corrected chi connectivity index (χ1v) is 8.34. The van der Waals surface area contributed by atoms with Crippen molar-refractivity contribution in [3.05, 3.63) is 39.4 Å². The number of nitrogens with two attached hydrogens (primary N) is 1. The monoisotopic (exact) mass is 385 g/mol. The minimum absolute atomic E-state index is 0. The number of carbonyl (C=O) groups is 2. The molecule has 0 fully saturated rings. The molecule has 8 heteroatoms. The highest BCUT2D eigenvalue weighted by atomic mass is 35.5. The molecule has 0 bridgehead atoms. The number of nitrogens with one attached hydrogen (secondary N) is 1. The van der Waals surface area contributed by atoms with Crippen LogP contribution < -0.4 is 11.1 Å². The number of Topliss-reactive ketones (excluding diaryl/α,β-unsaturated/α-hetero) is 1. The molecule has 1 amide bonds. The molecule has 0 atom stereocenters.